The summed E-state index contributed by atoms with van der Waals surface area (Å²) < 4.78 is 9.58. The fraction of sp³-hybridized carbons (Fsp3) is 0.368. The number of furan rings is 1. The standard InChI is InChI=1S/C76H76BN3OS/c1-43-33-49-53-40-58(43)79-60-36-47-45-21-15-17-26-66(45)82-67(47)42-56(60)77-55-38-50-51(72(7,8)30-29-71(50,5)6)39-61(55)78(57-23-20-25-65-68(57)46-22-14-16-24-64(46)81-65)62-34-44(35-63(79)69(62)77)80-59-41-52(74(53,11)32-31-73(49,9)10)48(70(2,3)4)37-54(59)75(12)27-18-19-28-76(75,80)13/h14-17,20-26,33-42H,18-19,27-32H2,1-13H3. The zero-order valence-corrected chi connectivity index (χ0v) is 51.3. The number of rotatable bonds is 1. The first kappa shape index (κ1) is 49.8. The summed E-state index contributed by atoms with van der Waals surface area (Å²) in [6.07, 6.45) is 9.26. The van der Waals surface area contributed by atoms with Crippen LogP contribution in [0.1, 0.15) is 179 Å². The molecular weight excluding hydrogens is 1010 g/mol. The van der Waals surface area contributed by atoms with Crippen molar-refractivity contribution in [3.05, 3.63) is 172 Å². The smallest absolute Gasteiger partial charge is 0.252 e. The van der Waals surface area contributed by atoms with Crippen molar-refractivity contribution in [2.45, 2.75) is 179 Å². The third-order valence-electron chi connectivity index (χ3n) is 23.2. The highest BCUT2D eigenvalue weighted by molar-refractivity contribution is 7.26. The fourth-order valence-corrected chi connectivity index (χ4v) is 19.3. The first-order chi connectivity index (χ1) is 39.0. The van der Waals surface area contributed by atoms with E-state index in [4.69, 9.17) is 4.42 Å². The van der Waals surface area contributed by atoms with E-state index in [1.165, 1.54) is 151 Å². The number of hydrogen-bond donors (Lipinski definition) is 0. The zero-order chi connectivity index (χ0) is 56.3. The molecule has 4 aliphatic heterocycles. The molecular formula is C76H76BN3OS. The topological polar surface area (TPSA) is 22.9 Å². The zero-order valence-electron chi connectivity index (χ0n) is 50.5. The maximum atomic E-state index is 6.88. The lowest BCUT2D eigenvalue weighted by atomic mass is 9.33. The molecule has 8 aromatic carbocycles. The maximum Gasteiger partial charge on any atom is 0.252 e. The summed E-state index contributed by atoms with van der Waals surface area (Å²) in [6, 6.07) is 51.7. The Hall–Kier alpha value is -6.76. The van der Waals surface area contributed by atoms with Crippen molar-refractivity contribution in [2.24, 2.45) is 0 Å². The van der Waals surface area contributed by atoms with Crippen molar-refractivity contribution in [1.82, 2.24) is 0 Å². The summed E-state index contributed by atoms with van der Waals surface area (Å²) in [5.41, 5.74) is 27.6. The number of fused-ring (bicyclic) bond motifs is 21. The van der Waals surface area contributed by atoms with Gasteiger partial charge in [0.15, 0.2) is 0 Å². The molecule has 0 N–H and O–H groups in total. The molecule has 7 aliphatic rings. The average molecular weight is 1090 g/mol. The van der Waals surface area contributed by atoms with E-state index in [1.807, 2.05) is 11.3 Å². The van der Waals surface area contributed by atoms with Gasteiger partial charge in [-0.25, -0.2) is 0 Å². The van der Waals surface area contributed by atoms with E-state index >= 15 is 0 Å². The molecule has 82 heavy (non-hydrogen) atoms. The van der Waals surface area contributed by atoms with Gasteiger partial charge in [0.1, 0.15) is 11.2 Å². The van der Waals surface area contributed by atoms with E-state index in [2.05, 4.69) is 232 Å². The van der Waals surface area contributed by atoms with Crippen molar-refractivity contribution in [2.75, 3.05) is 14.7 Å². The summed E-state index contributed by atoms with van der Waals surface area (Å²) in [7, 11) is 0. The summed E-state index contributed by atoms with van der Waals surface area (Å²) in [6.45, 7) is 32.8. The third-order valence-corrected chi connectivity index (χ3v) is 24.3. The molecule has 0 radical (unpaired) electrons. The molecule has 6 bridgehead atoms. The second-order valence-electron chi connectivity index (χ2n) is 30.2. The number of para-hydroxylation sites is 1. The molecule has 10 aromatic rings. The second kappa shape index (κ2) is 15.7. The number of aryl methyl sites for hydroxylation is 1. The molecule has 0 saturated heterocycles. The van der Waals surface area contributed by atoms with Crippen molar-refractivity contribution >= 4 is 122 Å². The first-order valence-corrected chi connectivity index (χ1v) is 31.8. The predicted molar refractivity (Wildman–Crippen MR) is 351 cm³/mol. The predicted octanol–water partition coefficient (Wildman–Crippen LogP) is 19.4. The minimum absolute atomic E-state index is 0.00277. The van der Waals surface area contributed by atoms with E-state index < -0.39 is 0 Å². The largest absolute Gasteiger partial charge is 0.456 e. The summed E-state index contributed by atoms with van der Waals surface area (Å²) in [5, 5.41) is 5.00. The summed E-state index contributed by atoms with van der Waals surface area (Å²) in [4.78, 5) is 8.49. The van der Waals surface area contributed by atoms with Crippen LogP contribution in [0.4, 0.5) is 45.5 Å². The highest BCUT2D eigenvalue weighted by Gasteiger charge is 2.60. The summed E-state index contributed by atoms with van der Waals surface area (Å²) >= 11 is 1.96. The van der Waals surface area contributed by atoms with Gasteiger partial charge in [0.2, 0.25) is 0 Å². The minimum atomic E-state index is -0.241. The molecule has 1 fully saturated rings. The van der Waals surface area contributed by atoms with Crippen molar-refractivity contribution in [1.29, 1.82) is 0 Å². The first-order valence-electron chi connectivity index (χ1n) is 31.0. The Balaban J connectivity index is 1.10. The molecule has 0 amide bonds. The van der Waals surface area contributed by atoms with Crippen LogP contribution in [0.3, 0.4) is 0 Å². The lowest BCUT2D eigenvalue weighted by Crippen LogP contribution is -2.62. The van der Waals surface area contributed by atoms with Crippen LogP contribution in [0.25, 0.3) is 42.1 Å². The Morgan fingerprint density at radius 1 is 0.476 bits per heavy atom. The quantitative estimate of drug-likeness (QED) is 0.153. The molecule has 6 heterocycles. The van der Waals surface area contributed by atoms with E-state index in [0.29, 0.717) is 0 Å². The van der Waals surface area contributed by atoms with Crippen LogP contribution >= 0.6 is 11.3 Å². The SMILES string of the molecule is Cc1cc2c3cc1N1c4cc5c(cc4B4c6cc7c(cc6N(c6cccc8oc9ccccc9c68)c6cc(cc1c64)N1c4cc(c(C(C)(C)C)cc4C4(C)CCCCC14C)C3(C)CCC2(C)C)C(C)(C)CCC7(C)C)sc1ccccc15. The molecule has 0 spiro atoms. The van der Waals surface area contributed by atoms with Crippen LogP contribution in [-0.2, 0) is 32.5 Å². The van der Waals surface area contributed by atoms with Crippen LogP contribution in [0, 0.1) is 6.92 Å². The van der Waals surface area contributed by atoms with Crippen LogP contribution < -0.4 is 31.1 Å². The van der Waals surface area contributed by atoms with E-state index in [0.717, 1.165) is 48.7 Å². The molecule has 3 atom stereocenters. The summed E-state index contributed by atoms with van der Waals surface area (Å²) in [5.74, 6) is 0. The van der Waals surface area contributed by atoms with Crippen molar-refractivity contribution in [3.63, 3.8) is 0 Å². The van der Waals surface area contributed by atoms with Crippen molar-refractivity contribution < 1.29 is 4.42 Å². The number of benzene rings is 8. The highest BCUT2D eigenvalue weighted by atomic mass is 32.1. The second-order valence-corrected chi connectivity index (χ2v) is 31.3. The van der Waals surface area contributed by atoms with Gasteiger partial charge in [0.25, 0.3) is 6.71 Å². The van der Waals surface area contributed by atoms with Crippen LogP contribution in [0.2, 0.25) is 0 Å². The maximum absolute atomic E-state index is 6.88. The van der Waals surface area contributed by atoms with Gasteiger partial charge in [-0.05, 0) is 202 Å². The van der Waals surface area contributed by atoms with Gasteiger partial charge in [0, 0.05) is 76.2 Å². The fourth-order valence-electron chi connectivity index (χ4n) is 18.2. The molecule has 1 saturated carbocycles. The van der Waals surface area contributed by atoms with Gasteiger partial charge in [0.05, 0.1) is 16.6 Å². The molecule has 3 unspecified atom stereocenters. The van der Waals surface area contributed by atoms with E-state index in [1.54, 1.807) is 0 Å². The Labute approximate surface area is 489 Å². The molecule has 410 valence electrons. The lowest BCUT2D eigenvalue weighted by Gasteiger charge is -2.51. The van der Waals surface area contributed by atoms with Gasteiger partial charge in [-0.2, -0.15) is 0 Å². The normalized spacial score (nSPS) is 23.9. The number of thiophene rings is 1. The number of hydrogen-bond acceptors (Lipinski definition) is 5. The number of anilines is 8. The van der Waals surface area contributed by atoms with Gasteiger partial charge in [-0.1, -0.05) is 150 Å². The van der Waals surface area contributed by atoms with E-state index in [-0.39, 0.29) is 44.7 Å². The van der Waals surface area contributed by atoms with Gasteiger partial charge >= 0.3 is 0 Å². The Bertz CT molecular complexity index is 4540. The Morgan fingerprint density at radius 2 is 1.09 bits per heavy atom. The van der Waals surface area contributed by atoms with Gasteiger partial charge in [-0.3, -0.25) is 0 Å². The van der Waals surface area contributed by atoms with Crippen LogP contribution in [-0.4, -0.2) is 12.3 Å². The molecule has 2 aromatic heterocycles. The minimum Gasteiger partial charge on any atom is -0.456 e. The van der Waals surface area contributed by atoms with Crippen LogP contribution in [0.15, 0.2) is 132 Å². The van der Waals surface area contributed by atoms with E-state index in [9.17, 15) is 0 Å². The Kier molecular flexibility index (Phi) is 9.54. The molecule has 4 nitrogen and oxygen atoms in total. The molecule has 3 aliphatic carbocycles. The Morgan fingerprint density at radius 3 is 1.84 bits per heavy atom. The molecule has 6 heteroatoms. The third kappa shape index (κ3) is 6.15. The highest BCUT2D eigenvalue weighted by Crippen LogP contribution is 2.65. The lowest BCUT2D eigenvalue weighted by molar-refractivity contribution is 0.195. The van der Waals surface area contributed by atoms with Gasteiger partial charge < -0.3 is 19.1 Å². The van der Waals surface area contributed by atoms with Crippen LogP contribution in [0.5, 0.6) is 0 Å². The molecule has 17 rings (SSSR count). The average Bonchev–Trinajstić information content (AvgIpc) is 1.25. The van der Waals surface area contributed by atoms with Crippen molar-refractivity contribution in [3.8, 4) is 0 Å². The van der Waals surface area contributed by atoms with Gasteiger partial charge in [-0.15, -0.1) is 11.3 Å². The monoisotopic (exact) mass is 1090 g/mol. The number of nitrogens with zero attached hydrogens (tertiary/aromatic N) is 3.